The molecular formula is C15H18N2O5S. The first-order chi connectivity index (χ1) is 10.9. The molecule has 1 aromatic heterocycles. The van der Waals surface area contributed by atoms with Gasteiger partial charge in [-0.25, -0.2) is 13.1 Å². The summed E-state index contributed by atoms with van der Waals surface area (Å²) in [5.74, 6) is 0.766. The van der Waals surface area contributed by atoms with Crippen LogP contribution in [-0.2, 0) is 21.4 Å². The number of carbonyl (C=O) groups excluding carboxylic acids is 1. The predicted octanol–water partition coefficient (Wildman–Crippen LogP) is 1.23. The Hall–Kier alpha value is -2.32. The van der Waals surface area contributed by atoms with Gasteiger partial charge in [-0.15, -0.1) is 0 Å². The maximum absolute atomic E-state index is 12.1. The first kappa shape index (κ1) is 17.0. The van der Waals surface area contributed by atoms with Gasteiger partial charge in [0.2, 0.25) is 10.0 Å². The molecular weight excluding hydrogens is 320 g/mol. The Labute approximate surface area is 134 Å². The van der Waals surface area contributed by atoms with Gasteiger partial charge in [0.25, 0.3) is 5.91 Å². The molecule has 0 bridgehead atoms. The highest BCUT2D eigenvalue weighted by atomic mass is 32.2. The van der Waals surface area contributed by atoms with Crippen molar-refractivity contribution in [1.29, 1.82) is 0 Å². The van der Waals surface area contributed by atoms with Crippen molar-refractivity contribution in [3.05, 3.63) is 48.4 Å². The van der Waals surface area contributed by atoms with Crippen molar-refractivity contribution in [2.45, 2.75) is 11.4 Å². The van der Waals surface area contributed by atoms with E-state index in [4.69, 9.17) is 9.15 Å². The Kier molecular flexibility index (Phi) is 5.41. The molecule has 7 nitrogen and oxygen atoms in total. The summed E-state index contributed by atoms with van der Waals surface area (Å²) in [7, 11) is -0.377. The molecule has 0 atom stereocenters. The Balaban J connectivity index is 1.96. The van der Waals surface area contributed by atoms with Crippen LogP contribution in [0.15, 0.2) is 52.0 Å². The zero-order valence-electron chi connectivity index (χ0n) is 12.9. The number of carbonyl (C=O) groups is 1. The van der Waals surface area contributed by atoms with E-state index in [9.17, 15) is 13.2 Å². The van der Waals surface area contributed by atoms with Gasteiger partial charge in [0.05, 0.1) is 17.7 Å². The SMILES string of the molecule is CN(C)C(=O)COc1ccc(S(=O)(=O)NCc2ccco2)cc1. The van der Waals surface area contributed by atoms with Crippen LogP contribution in [0.5, 0.6) is 5.75 Å². The number of amides is 1. The normalized spacial score (nSPS) is 11.2. The molecule has 0 aliphatic heterocycles. The summed E-state index contributed by atoms with van der Waals surface area (Å²) in [5.41, 5.74) is 0. The van der Waals surface area contributed by atoms with Crippen molar-refractivity contribution in [1.82, 2.24) is 9.62 Å². The van der Waals surface area contributed by atoms with Crippen LogP contribution >= 0.6 is 0 Å². The van der Waals surface area contributed by atoms with Crippen LogP contribution in [0.25, 0.3) is 0 Å². The van der Waals surface area contributed by atoms with Crippen molar-refractivity contribution in [2.75, 3.05) is 20.7 Å². The van der Waals surface area contributed by atoms with Gasteiger partial charge in [-0.1, -0.05) is 0 Å². The molecule has 0 unspecified atom stereocenters. The van der Waals surface area contributed by atoms with Crippen molar-refractivity contribution >= 4 is 15.9 Å². The molecule has 0 saturated heterocycles. The van der Waals surface area contributed by atoms with E-state index in [-0.39, 0.29) is 24.0 Å². The van der Waals surface area contributed by atoms with E-state index in [0.717, 1.165) is 0 Å². The second-order valence-electron chi connectivity index (χ2n) is 4.95. The highest BCUT2D eigenvalue weighted by Crippen LogP contribution is 2.16. The largest absolute Gasteiger partial charge is 0.484 e. The molecule has 0 aliphatic rings. The van der Waals surface area contributed by atoms with Crippen molar-refractivity contribution in [2.24, 2.45) is 0 Å². The molecule has 1 N–H and O–H groups in total. The molecule has 23 heavy (non-hydrogen) atoms. The molecule has 0 spiro atoms. The minimum absolute atomic E-state index is 0.0743. The van der Waals surface area contributed by atoms with Gasteiger partial charge >= 0.3 is 0 Å². The second kappa shape index (κ2) is 7.30. The maximum Gasteiger partial charge on any atom is 0.259 e. The van der Waals surface area contributed by atoms with Gasteiger partial charge in [-0.3, -0.25) is 4.79 Å². The first-order valence-electron chi connectivity index (χ1n) is 6.83. The Bertz CT molecular complexity index is 737. The van der Waals surface area contributed by atoms with Crippen molar-refractivity contribution < 1.29 is 22.4 Å². The van der Waals surface area contributed by atoms with Gasteiger partial charge in [0.15, 0.2) is 6.61 Å². The molecule has 1 aromatic carbocycles. The van der Waals surface area contributed by atoms with E-state index in [2.05, 4.69) is 4.72 Å². The number of rotatable bonds is 7. The van der Waals surface area contributed by atoms with Crippen LogP contribution in [0, 0.1) is 0 Å². The van der Waals surface area contributed by atoms with Crippen LogP contribution in [0.3, 0.4) is 0 Å². The number of ether oxygens (including phenoxy) is 1. The highest BCUT2D eigenvalue weighted by molar-refractivity contribution is 7.89. The third-order valence-corrected chi connectivity index (χ3v) is 4.43. The molecule has 8 heteroatoms. The predicted molar refractivity (Wildman–Crippen MR) is 83.4 cm³/mol. The molecule has 2 rings (SSSR count). The van der Waals surface area contributed by atoms with Gasteiger partial charge in [0.1, 0.15) is 11.5 Å². The van der Waals surface area contributed by atoms with Crippen LogP contribution in [0.1, 0.15) is 5.76 Å². The third-order valence-electron chi connectivity index (χ3n) is 3.01. The number of furan rings is 1. The Morgan fingerprint density at radius 2 is 1.91 bits per heavy atom. The van der Waals surface area contributed by atoms with Gasteiger partial charge in [-0.05, 0) is 36.4 Å². The third kappa shape index (κ3) is 4.83. The van der Waals surface area contributed by atoms with Crippen molar-refractivity contribution in [3.63, 3.8) is 0 Å². The number of hydrogen-bond acceptors (Lipinski definition) is 5. The van der Waals surface area contributed by atoms with E-state index in [1.165, 1.54) is 35.4 Å². The van der Waals surface area contributed by atoms with E-state index >= 15 is 0 Å². The Morgan fingerprint density at radius 1 is 1.22 bits per heavy atom. The molecule has 124 valence electrons. The minimum atomic E-state index is -3.64. The summed E-state index contributed by atoms with van der Waals surface area (Å²) < 4.78 is 37.1. The fourth-order valence-corrected chi connectivity index (χ4v) is 2.65. The van der Waals surface area contributed by atoms with Gasteiger partial charge in [-0.2, -0.15) is 0 Å². The van der Waals surface area contributed by atoms with E-state index in [0.29, 0.717) is 11.5 Å². The lowest BCUT2D eigenvalue weighted by Crippen LogP contribution is -2.27. The lowest BCUT2D eigenvalue weighted by atomic mass is 10.3. The fourth-order valence-electron chi connectivity index (χ4n) is 1.65. The summed E-state index contributed by atoms with van der Waals surface area (Å²) in [4.78, 5) is 12.9. The van der Waals surface area contributed by atoms with Crippen molar-refractivity contribution in [3.8, 4) is 5.75 Å². The summed E-state index contributed by atoms with van der Waals surface area (Å²) in [6, 6.07) is 9.21. The number of sulfonamides is 1. The monoisotopic (exact) mass is 338 g/mol. The van der Waals surface area contributed by atoms with Gasteiger partial charge in [0, 0.05) is 14.1 Å². The standard InChI is InChI=1S/C15H18N2O5S/c1-17(2)15(18)11-22-12-5-7-14(8-6-12)23(19,20)16-10-13-4-3-9-21-13/h3-9,16H,10-11H2,1-2H3. The lowest BCUT2D eigenvalue weighted by molar-refractivity contribution is -0.130. The molecule has 1 heterocycles. The quantitative estimate of drug-likeness (QED) is 0.820. The molecule has 0 saturated carbocycles. The number of hydrogen-bond donors (Lipinski definition) is 1. The number of benzene rings is 1. The summed E-state index contributed by atoms with van der Waals surface area (Å²) in [6.45, 7) is -0.0270. The number of nitrogens with one attached hydrogen (secondary N) is 1. The Morgan fingerprint density at radius 3 is 2.48 bits per heavy atom. The molecule has 2 aromatic rings. The number of nitrogens with zero attached hydrogens (tertiary/aromatic N) is 1. The maximum atomic E-state index is 12.1. The smallest absolute Gasteiger partial charge is 0.259 e. The van der Waals surface area contributed by atoms with Gasteiger partial charge < -0.3 is 14.1 Å². The lowest BCUT2D eigenvalue weighted by Gasteiger charge is -2.11. The highest BCUT2D eigenvalue weighted by Gasteiger charge is 2.14. The topological polar surface area (TPSA) is 88.8 Å². The average Bonchev–Trinajstić information content (AvgIpc) is 3.04. The fraction of sp³-hybridized carbons (Fsp3) is 0.267. The second-order valence-corrected chi connectivity index (χ2v) is 6.72. The van der Waals surface area contributed by atoms with E-state index < -0.39 is 10.0 Å². The van der Waals surface area contributed by atoms with E-state index in [1.54, 1.807) is 26.2 Å². The average molecular weight is 338 g/mol. The first-order valence-corrected chi connectivity index (χ1v) is 8.32. The summed E-state index contributed by atoms with van der Waals surface area (Å²) in [6.07, 6.45) is 1.48. The van der Waals surface area contributed by atoms with Crippen LogP contribution < -0.4 is 9.46 Å². The zero-order chi connectivity index (χ0) is 16.9. The van der Waals surface area contributed by atoms with E-state index in [1.807, 2.05) is 0 Å². The molecule has 0 fully saturated rings. The summed E-state index contributed by atoms with van der Waals surface area (Å²) >= 11 is 0. The molecule has 1 amide bonds. The summed E-state index contributed by atoms with van der Waals surface area (Å²) in [5, 5.41) is 0. The molecule has 0 radical (unpaired) electrons. The minimum Gasteiger partial charge on any atom is -0.484 e. The van der Waals surface area contributed by atoms with Crippen LogP contribution in [-0.4, -0.2) is 39.9 Å². The van der Waals surface area contributed by atoms with Crippen LogP contribution in [0.4, 0.5) is 0 Å². The molecule has 0 aliphatic carbocycles. The number of likely N-dealkylation sites (N-methyl/N-ethyl adjacent to an activating group) is 1. The van der Waals surface area contributed by atoms with Crippen LogP contribution in [0.2, 0.25) is 0 Å². The zero-order valence-corrected chi connectivity index (χ0v) is 13.7.